The molecule has 29 heavy (non-hydrogen) atoms. The van der Waals surface area contributed by atoms with Gasteiger partial charge in [0.2, 0.25) is 5.95 Å². The van der Waals surface area contributed by atoms with Crippen LogP contribution < -0.4 is 5.32 Å². The van der Waals surface area contributed by atoms with Gasteiger partial charge in [0, 0.05) is 35.9 Å². The molecule has 1 aliphatic rings. The van der Waals surface area contributed by atoms with Gasteiger partial charge in [0.25, 0.3) is 0 Å². The zero-order valence-corrected chi connectivity index (χ0v) is 17.2. The third-order valence-electron chi connectivity index (χ3n) is 5.54. The van der Waals surface area contributed by atoms with E-state index in [1.807, 2.05) is 30.6 Å². The second-order valence-electron chi connectivity index (χ2n) is 7.95. The first-order chi connectivity index (χ1) is 14.0. The number of hydrogen-bond donors (Lipinski definition) is 2. The molecule has 0 unspecified atom stereocenters. The van der Waals surface area contributed by atoms with Crippen molar-refractivity contribution < 1.29 is 9.84 Å². The van der Waals surface area contributed by atoms with Gasteiger partial charge in [-0.1, -0.05) is 0 Å². The molecule has 0 aliphatic heterocycles. The van der Waals surface area contributed by atoms with Crippen molar-refractivity contribution in [1.82, 2.24) is 24.8 Å². The van der Waals surface area contributed by atoms with Crippen LogP contribution in [-0.4, -0.2) is 55.8 Å². The second kappa shape index (κ2) is 8.42. The maximum absolute atomic E-state index is 9.93. The van der Waals surface area contributed by atoms with Gasteiger partial charge in [-0.2, -0.15) is 10.2 Å². The van der Waals surface area contributed by atoms with Crippen LogP contribution in [0.2, 0.25) is 0 Å². The minimum Gasteiger partial charge on any atom is -0.393 e. The van der Waals surface area contributed by atoms with Gasteiger partial charge in [0.1, 0.15) is 0 Å². The topological polar surface area (TPSA) is 97.5 Å². The molecule has 0 amide bonds. The van der Waals surface area contributed by atoms with E-state index in [2.05, 4.69) is 26.6 Å². The largest absolute Gasteiger partial charge is 0.393 e. The van der Waals surface area contributed by atoms with E-state index in [9.17, 15) is 5.11 Å². The van der Waals surface area contributed by atoms with Gasteiger partial charge in [-0.3, -0.25) is 0 Å². The van der Waals surface area contributed by atoms with Gasteiger partial charge in [0.15, 0.2) is 0 Å². The first-order valence-electron chi connectivity index (χ1n) is 10.2. The van der Waals surface area contributed by atoms with Crippen molar-refractivity contribution in [2.24, 2.45) is 0 Å². The SMILES string of the molecule is COC[C@H](C)Nc1ncc2c(-c3cnnc(C)c3)cc(C3CCC(O)CC3)n2n1. The Balaban J connectivity index is 1.78. The van der Waals surface area contributed by atoms with Crippen molar-refractivity contribution >= 4 is 11.5 Å². The highest BCUT2D eigenvalue weighted by molar-refractivity contribution is 5.81. The summed E-state index contributed by atoms with van der Waals surface area (Å²) in [5.41, 5.74) is 5.04. The Morgan fingerprint density at radius 2 is 2.03 bits per heavy atom. The smallest absolute Gasteiger partial charge is 0.241 e. The summed E-state index contributed by atoms with van der Waals surface area (Å²) < 4.78 is 7.21. The quantitative estimate of drug-likeness (QED) is 0.661. The average molecular weight is 396 g/mol. The van der Waals surface area contributed by atoms with Crippen LogP contribution in [0.4, 0.5) is 5.95 Å². The zero-order chi connectivity index (χ0) is 20.4. The van der Waals surface area contributed by atoms with Crippen LogP contribution in [0.25, 0.3) is 16.6 Å². The standard InChI is InChI=1S/C21H28N6O2/c1-13-8-16(10-23-25-13)18-9-19(15-4-6-17(28)7-5-15)27-20(18)11-22-21(26-27)24-14(2)12-29-3/h8-11,14-15,17,28H,4-7,12H2,1-3H3,(H,24,26)/t14-,15?,17?/m0/s1. The van der Waals surface area contributed by atoms with E-state index in [1.165, 1.54) is 0 Å². The number of aromatic nitrogens is 5. The molecule has 1 aliphatic carbocycles. The fourth-order valence-electron chi connectivity index (χ4n) is 4.11. The maximum Gasteiger partial charge on any atom is 0.241 e. The highest BCUT2D eigenvalue weighted by Crippen LogP contribution is 2.37. The molecule has 0 radical (unpaired) electrons. The van der Waals surface area contributed by atoms with Crippen LogP contribution in [0.5, 0.6) is 0 Å². The Morgan fingerprint density at radius 3 is 2.76 bits per heavy atom. The summed E-state index contributed by atoms with van der Waals surface area (Å²) in [7, 11) is 1.68. The second-order valence-corrected chi connectivity index (χ2v) is 7.95. The van der Waals surface area contributed by atoms with Crippen molar-refractivity contribution in [3.8, 4) is 11.1 Å². The molecule has 154 valence electrons. The van der Waals surface area contributed by atoms with Crippen LogP contribution in [0, 0.1) is 6.92 Å². The third kappa shape index (κ3) is 4.23. The number of aryl methyl sites for hydroxylation is 1. The minimum absolute atomic E-state index is 0.104. The minimum atomic E-state index is -0.189. The molecule has 4 rings (SSSR count). The average Bonchev–Trinajstić information content (AvgIpc) is 3.08. The van der Waals surface area contributed by atoms with E-state index in [1.54, 1.807) is 13.3 Å². The lowest BCUT2D eigenvalue weighted by Crippen LogP contribution is -2.23. The number of anilines is 1. The van der Waals surface area contributed by atoms with Gasteiger partial charge >= 0.3 is 0 Å². The maximum atomic E-state index is 9.93. The number of aliphatic hydroxyl groups is 1. The molecule has 8 nitrogen and oxygen atoms in total. The number of methoxy groups -OCH3 is 1. The monoisotopic (exact) mass is 396 g/mol. The van der Waals surface area contributed by atoms with E-state index < -0.39 is 0 Å². The lowest BCUT2D eigenvalue weighted by molar-refractivity contribution is 0.121. The number of nitrogens with zero attached hydrogens (tertiary/aromatic N) is 5. The van der Waals surface area contributed by atoms with Gasteiger partial charge in [-0.25, -0.2) is 9.50 Å². The fourth-order valence-corrected chi connectivity index (χ4v) is 4.11. The van der Waals surface area contributed by atoms with E-state index in [4.69, 9.17) is 9.84 Å². The summed E-state index contributed by atoms with van der Waals surface area (Å²) >= 11 is 0. The number of nitrogens with one attached hydrogen (secondary N) is 1. The predicted molar refractivity (Wildman–Crippen MR) is 111 cm³/mol. The van der Waals surface area contributed by atoms with Crippen LogP contribution in [0.15, 0.2) is 24.5 Å². The molecule has 3 aromatic rings. The summed E-state index contributed by atoms with van der Waals surface area (Å²) in [6.07, 6.45) is 7.00. The van der Waals surface area contributed by atoms with Crippen molar-refractivity contribution in [1.29, 1.82) is 0 Å². The number of aliphatic hydroxyl groups excluding tert-OH is 1. The van der Waals surface area contributed by atoms with Gasteiger partial charge in [-0.05, 0) is 51.7 Å². The fraction of sp³-hybridized carbons (Fsp3) is 0.524. The van der Waals surface area contributed by atoms with Gasteiger partial charge in [0.05, 0.1) is 36.3 Å². The van der Waals surface area contributed by atoms with Crippen LogP contribution >= 0.6 is 0 Å². The molecule has 1 atom stereocenters. The highest BCUT2D eigenvalue weighted by Gasteiger charge is 2.25. The van der Waals surface area contributed by atoms with Crippen molar-refractivity contribution in [3.05, 3.63) is 35.9 Å². The normalized spacial score (nSPS) is 20.7. The molecule has 3 aromatic heterocycles. The van der Waals surface area contributed by atoms with Gasteiger partial charge < -0.3 is 15.2 Å². The van der Waals surface area contributed by atoms with E-state index in [0.717, 1.165) is 53.7 Å². The van der Waals surface area contributed by atoms with Crippen LogP contribution in [0.3, 0.4) is 0 Å². The molecule has 0 saturated heterocycles. The summed E-state index contributed by atoms with van der Waals surface area (Å²) in [5.74, 6) is 0.931. The molecule has 8 heteroatoms. The first-order valence-corrected chi connectivity index (χ1v) is 10.2. The van der Waals surface area contributed by atoms with E-state index in [0.29, 0.717) is 18.5 Å². The Hall–Kier alpha value is -2.58. The molecule has 1 fully saturated rings. The Kier molecular flexibility index (Phi) is 5.73. The third-order valence-corrected chi connectivity index (χ3v) is 5.54. The van der Waals surface area contributed by atoms with Crippen molar-refractivity contribution in [3.63, 3.8) is 0 Å². The van der Waals surface area contributed by atoms with E-state index in [-0.39, 0.29) is 12.1 Å². The number of hydrogen-bond acceptors (Lipinski definition) is 7. The molecule has 0 spiro atoms. The van der Waals surface area contributed by atoms with E-state index >= 15 is 0 Å². The summed E-state index contributed by atoms with van der Waals surface area (Å²) in [6, 6.07) is 4.34. The van der Waals surface area contributed by atoms with Crippen LogP contribution in [0.1, 0.15) is 49.9 Å². The Labute approximate surface area is 170 Å². The van der Waals surface area contributed by atoms with Gasteiger partial charge in [-0.15, -0.1) is 5.10 Å². The number of ether oxygens (including phenoxy) is 1. The summed E-state index contributed by atoms with van der Waals surface area (Å²) in [5, 5.41) is 26.2. The van der Waals surface area contributed by atoms with Crippen molar-refractivity contribution in [2.75, 3.05) is 19.0 Å². The molecule has 1 saturated carbocycles. The predicted octanol–water partition coefficient (Wildman–Crippen LogP) is 2.96. The Morgan fingerprint density at radius 1 is 1.24 bits per heavy atom. The first kappa shape index (κ1) is 19.7. The van der Waals surface area contributed by atoms with Crippen LogP contribution in [-0.2, 0) is 4.74 Å². The highest BCUT2D eigenvalue weighted by atomic mass is 16.5. The number of rotatable bonds is 6. The van der Waals surface area contributed by atoms with Crippen molar-refractivity contribution in [2.45, 2.75) is 57.6 Å². The molecular weight excluding hydrogens is 368 g/mol. The lowest BCUT2D eigenvalue weighted by atomic mass is 9.85. The molecule has 0 bridgehead atoms. The summed E-state index contributed by atoms with van der Waals surface area (Å²) in [6.45, 7) is 4.55. The molecular formula is C21H28N6O2. The zero-order valence-electron chi connectivity index (χ0n) is 17.2. The molecule has 0 aromatic carbocycles. The number of fused-ring (bicyclic) bond motifs is 1. The molecule has 3 heterocycles. The summed E-state index contributed by atoms with van der Waals surface area (Å²) in [4.78, 5) is 4.53. The lowest BCUT2D eigenvalue weighted by Gasteiger charge is -2.25. The molecule has 2 N–H and O–H groups in total. The Bertz CT molecular complexity index is 980.